The number of halogens is 2. The zero-order chi connectivity index (χ0) is 14.8. The van der Waals surface area contributed by atoms with E-state index in [1.807, 2.05) is 0 Å². The van der Waals surface area contributed by atoms with Crippen molar-refractivity contribution in [2.75, 3.05) is 0 Å². The summed E-state index contributed by atoms with van der Waals surface area (Å²) in [4.78, 5) is 23.3. The van der Waals surface area contributed by atoms with Gasteiger partial charge in [-0.05, 0) is 17.5 Å². The number of carbonyl (C=O) groups is 2. The molecule has 1 aromatic rings. The Kier molecular flexibility index (Phi) is 4.82. The molecule has 1 amide bonds. The standard InChI is InChI=1S/C13H15Cl2NO3/c1-13(2,3)10(12(18)19)16-11(17)7-5-4-6-8(14)9(7)15/h4-6,10H,1-3H3,(H,16,17)(H,18,19)/t10-/m0/s1. The summed E-state index contributed by atoms with van der Waals surface area (Å²) in [6, 6.07) is 3.61. The van der Waals surface area contributed by atoms with Crippen LogP contribution >= 0.6 is 23.2 Å². The molecule has 0 saturated heterocycles. The van der Waals surface area contributed by atoms with Gasteiger partial charge in [0.05, 0.1) is 15.6 Å². The van der Waals surface area contributed by atoms with Gasteiger partial charge in [0.2, 0.25) is 0 Å². The molecule has 0 radical (unpaired) electrons. The highest BCUT2D eigenvalue weighted by Crippen LogP contribution is 2.26. The lowest BCUT2D eigenvalue weighted by atomic mass is 9.86. The second-order valence-corrected chi connectivity index (χ2v) is 6.00. The molecule has 0 bridgehead atoms. The van der Waals surface area contributed by atoms with Gasteiger partial charge >= 0.3 is 5.97 Å². The third-order valence-corrected chi connectivity index (χ3v) is 3.40. The maximum Gasteiger partial charge on any atom is 0.326 e. The van der Waals surface area contributed by atoms with Crippen LogP contribution in [0, 0.1) is 5.41 Å². The first-order valence-corrected chi connectivity index (χ1v) is 6.38. The Morgan fingerprint density at radius 2 is 1.84 bits per heavy atom. The Morgan fingerprint density at radius 3 is 2.32 bits per heavy atom. The number of carbonyl (C=O) groups excluding carboxylic acids is 1. The third kappa shape index (κ3) is 3.85. The summed E-state index contributed by atoms with van der Waals surface area (Å²) in [6.07, 6.45) is 0. The zero-order valence-electron chi connectivity index (χ0n) is 10.8. The predicted octanol–water partition coefficient (Wildman–Crippen LogP) is 3.22. The first kappa shape index (κ1) is 15.8. The number of hydrogen-bond donors (Lipinski definition) is 2. The molecule has 1 atom stereocenters. The Hall–Kier alpha value is -1.26. The molecule has 1 aromatic carbocycles. The van der Waals surface area contributed by atoms with Crippen molar-refractivity contribution in [3.63, 3.8) is 0 Å². The van der Waals surface area contributed by atoms with E-state index in [1.54, 1.807) is 32.9 Å². The van der Waals surface area contributed by atoms with Crippen molar-refractivity contribution in [2.45, 2.75) is 26.8 Å². The molecule has 2 N–H and O–H groups in total. The van der Waals surface area contributed by atoms with E-state index in [0.717, 1.165) is 0 Å². The van der Waals surface area contributed by atoms with E-state index in [0.29, 0.717) is 0 Å². The average molecular weight is 304 g/mol. The van der Waals surface area contributed by atoms with Crippen LogP contribution in [-0.2, 0) is 4.79 Å². The molecule has 0 aliphatic heterocycles. The molecule has 0 unspecified atom stereocenters. The highest BCUT2D eigenvalue weighted by Gasteiger charge is 2.33. The molecule has 0 saturated carbocycles. The molecular formula is C13H15Cl2NO3. The van der Waals surface area contributed by atoms with Crippen molar-refractivity contribution in [2.24, 2.45) is 5.41 Å². The minimum Gasteiger partial charge on any atom is -0.480 e. The van der Waals surface area contributed by atoms with Gasteiger partial charge in [-0.2, -0.15) is 0 Å². The van der Waals surface area contributed by atoms with E-state index >= 15 is 0 Å². The molecule has 0 aliphatic carbocycles. The lowest BCUT2D eigenvalue weighted by Crippen LogP contribution is -2.49. The summed E-state index contributed by atoms with van der Waals surface area (Å²) in [6.45, 7) is 5.18. The first-order valence-electron chi connectivity index (χ1n) is 5.62. The lowest BCUT2D eigenvalue weighted by Gasteiger charge is -2.27. The molecule has 1 rings (SSSR count). The summed E-state index contributed by atoms with van der Waals surface area (Å²) in [5.74, 6) is -1.66. The van der Waals surface area contributed by atoms with Crippen molar-refractivity contribution in [1.29, 1.82) is 0 Å². The molecule has 4 nitrogen and oxygen atoms in total. The molecule has 104 valence electrons. The van der Waals surface area contributed by atoms with Crippen molar-refractivity contribution >= 4 is 35.1 Å². The van der Waals surface area contributed by atoms with E-state index in [9.17, 15) is 9.59 Å². The molecule has 0 spiro atoms. The van der Waals surface area contributed by atoms with E-state index in [-0.39, 0.29) is 15.6 Å². The van der Waals surface area contributed by atoms with Crippen LogP contribution < -0.4 is 5.32 Å². The van der Waals surface area contributed by atoms with Crippen LogP contribution in [0.15, 0.2) is 18.2 Å². The number of carboxylic acids is 1. The number of carboxylic acid groups (broad SMARTS) is 1. The number of hydrogen-bond acceptors (Lipinski definition) is 2. The average Bonchev–Trinajstić information content (AvgIpc) is 2.27. The van der Waals surface area contributed by atoms with Crippen molar-refractivity contribution < 1.29 is 14.7 Å². The molecule has 6 heteroatoms. The van der Waals surface area contributed by atoms with Crippen LogP contribution in [0.25, 0.3) is 0 Å². The minimum absolute atomic E-state index is 0.111. The van der Waals surface area contributed by atoms with Crippen molar-refractivity contribution in [3.05, 3.63) is 33.8 Å². The van der Waals surface area contributed by atoms with E-state index in [4.69, 9.17) is 28.3 Å². The predicted molar refractivity (Wildman–Crippen MR) is 74.8 cm³/mol. The van der Waals surface area contributed by atoms with E-state index < -0.39 is 23.3 Å². The number of nitrogens with one attached hydrogen (secondary N) is 1. The Labute approximate surface area is 121 Å². The van der Waals surface area contributed by atoms with Crippen LogP contribution in [0.4, 0.5) is 0 Å². The summed E-state index contributed by atoms with van der Waals surface area (Å²) in [7, 11) is 0. The molecule has 0 heterocycles. The van der Waals surface area contributed by atoms with Crippen LogP contribution in [0.1, 0.15) is 31.1 Å². The van der Waals surface area contributed by atoms with Crippen LogP contribution in [0.2, 0.25) is 10.0 Å². The van der Waals surface area contributed by atoms with Gasteiger partial charge in [0.15, 0.2) is 0 Å². The summed E-state index contributed by atoms with van der Waals surface area (Å²) in [5, 5.41) is 12.0. The van der Waals surface area contributed by atoms with Crippen molar-refractivity contribution in [1.82, 2.24) is 5.32 Å². The number of benzene rings is 1. The minimum atomic E-state index is -1.10. The van der Waals surface area contributed by atoms with E-state index in [2.05, 4.69) is 5.32 Å². The molecule has 0 aliphatic rings. The lowest BCUT2D eigenvalue weighted by molar-refractivity contribution is -0.142. The first-order chi connectivity index (χ1) is 8.64. The quantitative estimate of drug-likeness (QED) is 0.901. The van der Waals surface area contributed by atoms with Gasteiger partial charge in [-0.25, -0.2) is 4.79 Å². The molecule has 19 heavy (non-hydrogen) atoms. The van der Waals surface area contributed by atoms with Gasteiger partial charge in [0, 0.05) is 0 Å². The maximum absolute atomic E-state index is 12.1. The summed E-state index contributed by atoms with van der Waals surface area (Å²) >= 11 is 11.7. The zero-order valence-corrected chi connectivity index (χ0v) is 12.3. The fourth-order valence-electron chi connectivity index (χ4n) is 1.54. The highest BCUT2D eigenvalue weighted by atomic mass is 35.5. The SMILES string of the molecule is CC(C)(C)[C@@H](NC(=O)c1cccc(Cl)c1Cl)C(=O)O. The van der Waals surface area contributed by atoms with E-state index in [1.165, 1.54) is 6.07 Å². The summed E-state index contributed by atoms with van der Waals surface area (Å²) in [5.41, 5.74) is -0.461. The van der Waals surface area contributed by atoms with Gasteiger partial charge in [-0.1, -0.05) is 50.0 Å². The third-order valence-electron chi connectivity index (χ3n) is 2.58. The summed E-state index contributed by atoms with van der Waals surface area (Å²) < 4.78 is 0. The van der Waals surface area contributed by atoms with Crippen LogP contribution in [-0.4, -0.2) is 23.0 Å². The number of rotatable bonds is 3. The van der Waals surface area contributed by atoms with Crippen LogP contribution in [0.5, 0.6) is 0 Å². The van der Waals surface area contributed by atoms with Crippen molar-refractivity contribution in [3.8, 4) is 0 Å². The van der Waals surface area contributed by atoms with Gasteiger partial charge in [0.25, 0.3) is 5.91 Å². The molecular weight excluding hydrogens is 289 g/mol. The normalized spacial score (nSPS) is 12.9. The molecule has 0 aromatic heterocycles. The van der Waals surface area contributed by atoms with Gasteiger partial charge in [-0.15, -0.1) is 0 Å². The fourth-order valence-corrected chi connectivity index (χ4v) is 1.92. The second-order valence-electron chi connectivity index (χ2n) is 5.21. The van der Waals surface area contributed by atoms with Crippen LogP contribution in [0.3, 0.4) is 0 Å². The smallest absolute Gasteiger partial charge is 0.326 e. The molecule has 0 fully saturated rings. The Morgan fingerprint density at radius 1 is 1.26 bits per heavy atom. The monoisotopic (exact) mass is 303 g/mol. The number of amides is 1. The Bertz CT molecular complexity index is 509. The van der Waals surface area contributed by atoms with Gasteiger partial charge in [0.1, 0.15) is 6.04 Å². The second kappa shape index (κ2) is 5.80. The fraction of sp³-hybridized carbons (Fsp3) is 0.385. The highest BCUT2D eigenvalue weighted by molar-refractivity contribution is 6.43. The largest absolute Gasteiger partial charge is 0.480 e. The number of aliphatic carboxylic acids is 1. The maximum atomic E-state index is 12.1. The van der Waals surface area contributed by atoms with Gasteiger partial charge in [-0.3, -0.25) is 4.79 Å². The Balaban J connectivity index is 3.02. The van der Waals surface area contributed by atoms with Gasteiger partial charge < -0.3 is 10.4 Å². The topological polar surface area (TPSA) is 66.4 Å².